The number of nitrogens with one attached hydrogen (secondary N) is 1. The molecular formula is C19H23ClN4OS2. The molecule has 0 aliphatic carbocycles. The second-order valence-electron chi connectivity index (χ2n) is 6.28. The fraction of sp³-hybridized carbons (Fsp3) is 0.316. The number of nitrogens with zero attached hydrogens (tertiary/aromatic N) is 3. The molecule has 8 heteroatoms. The number of likely N-dealkylation sites (N-methyl/N-ethyl adjacent to an activating group) is 1. The van der Waals surface area contributed by atoms with Crippen LogP contribution in [0.4, 0.5) is 0 Å². The number of amides is 1. The van der Waals surface area contributed by atoms with Crippen LogP contribution in [0.3, 0.4) is 0 Å². The summed E-state index contributed by atoms with van der Waals surface area (Å²) in [7, 11) is 1.93. The van der Waals surface area contributed by atoms with Gasteiger partial charge in [0.15, 0.2) is 0 Å². The summed E-state index contributed by atoms with van der Waals surface area (Å²) in [6.45, 7) is 2.94. The van der Waals surface area contributed by atoms with Crippen LogP contribution in [0.5, 0.6) is 0 Å². The Labute approximate surface area is 173 Å². The highest BCUT2D eigenvalue weighted by Gasteiger charge is 2.19. The quantitative estimate of drug-likeness (QED) is 0.598. The Bertz CT molecular complexity index is 823. The molecule has 0 saturated heterocycles. The second-order valence-corrected chi connectivity index (χ2v) is 7.95. The van der Waals surface area contributed by atoms with E-state index in [0.717, 1.165) is 22.8 Å². The number of pyridine rings is 1. The van der Waals surface area contributed by atoms with Gasteiger partial charge < -0.3 is 5.32 Å². The van der Waals surface area contributed by atoms with Crippen LogP contribution >= 0.6 is 35.1 Å². The number of thiazole rings is 1. The zero-order chi connectivity index (χ0) is 18.4. The predicted octanol–water partition coefficient (Wildman–Crippen LogP) is 3.86. The SMILES string of the molecule is Cc1csc(C(Cc2ccsc2)NC(=O)CN(C)Cc2ccccn2)n1.Cl. The molecule has 0 fully saturated rings. The largest absolute Gasteiger partial charge is 0.345 e. The van der Waals surface area contributed by atoms with Crippen molar-refractivity contribution in [3.8, 4) is 0 Å². The van der Waals surface area contributed by atoms with E-state index in [1.165, 1.54) is 5.56 Å². The molecule has 0 bridgehead atoms. The third-order valence-electron chi connectivity index (χ3n) is 3.86. The molecule has 3 heterocycles. The van der Waals surface area contributed by atoms with Crippen LogP contribution in [0, 0.1) is 6.92 Å². The van der Waals surface area contributed by atoms with Crippen molar-refractivity contribution in [2.45, 2.75) is 25.9 Å². The standard InChI is InChI=1S/C19H22N4OS2.ClH/c1-14-12-26-19(21-14)17(9-15-6-8-25-13-15)22-18(24)11-23(2)10-16-5-3-4-7-20-16;/h3-8,12-13,17H,9-11H2,1-2H3,(H,22,24);1H. The number of aryl methyl sites for hydroxylation is 1. The van der Waals surface area contributed by atoms with Crippen molar-refractivity contribution in [1.29, 1.82) is 0 Å². The van der Waals surface area contributed by atoms with Crippen LogP contribution in [-0.4, -0.2) is 34.4 Å². The number of hydrogen-bond acceptors (Lipinski definition) is 6. The summed E-state index contributed by atoms with van der Waals surface area (Å²) in [5.41, 5.74) is 3.16. The van der Waals surface area contributed by atoms with Crippen LogP contribution in [-0.2, 0) is 17.8 Å². The fourth-order valence-electron chi connectivity index (χ4n) is 2.69. The van der Waals surface area contributed by atoms with E-state index >= 15 is 0 Å². The summed E-state index contributed by atoms with van der Waals surface area (Å²) < 4.78 is 0. The van der Waals surface area contributed by atoms with Crippen LogP contribution in [0.2, 0.25) is 0 Å². The Kier molecular flexibility index (Phi) is 8.37. The minimum atomic E-state index is -0.0981. The van der Waals surface area contributed by atoms with Crippen LogP contribution in [0.1, 0.15) is 28.0 Å². The van der Waals surface area contributed by atoms with Gasteiger partial charge in [0.05, 0.1) is 18.3 Å². The molecule has 1 N–H and O–H groups in total. The maximum absolute atomic E-state index is 12.6. The second kappa shape index (κ2) is 10.5. The van der Waals surface area contributed by atoms with Gasteiger partial charge in [-0.25, -0.2) is 4.98 Å². The molecule has 0 aliphatic heterocycles. The van der Waals surface area contributed by atoms with Gasteiger partial charge in [0, 0.05) is 30.2 Å². The van der Waals surface area contributed by atoms with Crippen LogP contribution < -0.4 is 5.32 Å². The first-order chi connectivity index (χ1) is 12.6. The predicted molar refractivity (Wildman–Crippen MR) is 114 cm³/mol. The van der Waals surface area contributed by atoms with E-state index in [4.69, 9.17) is 0 Å². The molecule has 0 saturated carbocycles. The Morgan fingerprint density at radius 2 is 2.15 bits per heavy atom. The van der Waals surface area contributed by atoms with E-state index in [9.17, 15) is 4.79 Å². The Morgan fingerprint density at radius 1 is 1.30 bits per heavy atom. The zero-order valence-electron chi connectivity index (χ0n) is 15.3. The average Bonchev–Trinajstić information content (AvgIpc) is 3.26. The molecule has 3 rings (SSSR count). The van der Waals surface area contributed by atoms with Crippen molar-refractivity contribution in [1.82, 2.24) is 20.2 Å². The third-order valence-corrected chi connectivity index (χ3v) is 5.67. The summed E-state index contributed by atoms with van der Waals surface area (Å²) in [6, 6.07) is 7.81. The first-order valence-corrected chi connectivity index (χ1v) is 10.2. The first kappa shape index (κ1) is 21.5. The van der Waals surface area contributed by atoms with Crippen molar-refractivity contribution in [3.05, 3.63) is 68.6 Å². The first-order valence-electron chi connectivity index (χ1n) is 8.41. The van der Waals surface area contributed by atoms with Gasteiger partial charge in [0.1, 0.15) is 5.01 Å². The smallest absolute Gasteiger partial charge is 0.234 e. The fourth-order valence-corrected chi connectivity index (χ4v) is 4.21. The number of rotatable bonds is 8. The molecule has 1 amide bonds. The molecule has 0 aromatic carbocycles. The monoisotopic (exact) mass is 422 g/mol. The number of carbonyl (C=O) groups is 1. The van der Waals surface area contributed by atoms with Crippen LogP contribution in [0.15, 0.2) is 46.6 Å². The molecule has 5 nitrogen and oxygen atoms in total. The minimum absolute atomic E-state index is 0. The molecule has 3 aromatic heterocycles. The number of aromatic nitrogens is 2. The van der Waals surface area contributed by atoms with Crippen molar-refractivity contribution >= 4 is 41.0 Å². The van der Waals surface area contributed by atoms with Gasteiger partial charge in [-0.15, -0.1) is 23.7 Å². The summed E-state index contributed by atoms with van der Waals surface area (Å²) in [4.78, 5) is 23.4. The van der Waals surface area contributed by atoms with Crippen molar-refractivity contribution < 1.29 is 4.79 Å². The number of halogens is 1. The molecule has 3 aromatic rings. The van der Waals surface area contributed by atoms with Crippen molar-refractivity contribution in [3.63, 3.8) is 0 Å². The van der Waals surface area contributed by atoms with E-state index in [1.54, 1.807) is 28.9 Å². The molecule has 0 spiro atoms. The summed E-state index contributed by atoms with van der Waals surface area (Å²) in [5, 5.41) is 10.3. The third kappa shape index (κ3) is 6.70. The van der Waals surface area contributed by atoms with E-state index in [1.807, 2.05) is 42.5 Å². The van der Waals surface area contributed by atoms with Crippen molar-refractivity contribution in [2.75, 3.05) is 13.6 Å². The lowest BCUT2D eigenvalue weighted by atomic mass is 10.1. The van der Waals surface area contributed by atoms with Gasteiger partial charge in [-0.05, 0) is 48.5 Å². The molecule has 1 atom stereocenters. The Balaban J connectivity index is 0.00000261. The van der Waals surface area contributed by atoms with E-state index in [-0.39, 0.29) is 24.4 Å². The van der Waals surface area contributed by atoms with Gasteiger partial charge in [-0.1, -0.05) is 6.07 Å². The van der Waals surface area contributed by atoms with Gasteiger partial charge in [0.25, 0.3) is 0 Å². The Morgan fingerprint density at radius 3 is 2.78 bits per heavy atom. The maximum atomic E-state index is 12.6. The lowest BCUT2D eigenvalue weighted by Gasteiger charge is -2.20. The van der Waals surface area contributed by atoms with Gasteiger partial charge in [-0.3, -0.25) is 14.7 Å². The maximum Gasteiger partial charge on any atom is 0.234 e. The Hall–Kier alpha value is -1.80. The van der Waals surface area contributed by atoms with Crippen LogP contribution in [0.25, 0.3) is 0 Å². The normalized spacial score (nSPS) is 11.8. The van der Waals surface area contributed by atoms with Crippen molar-refractivity contribution in [2.24, 2.45) is 0 Å². The van der Waals surface area contributed by atoms with Gasteiger partial charge >= 0.3 is 0 Å². The zero-order valence-corrected chi connectivity index (χ0v) is 17.7. The summed E-state index contributed by atoms with van der Waals surface area (Å²) >= 11 is 3.26. The number of thiophene rings is 1. The highest BCUT2D eigenvalue weighted by Crippen LogP contribution is 2.23. The van der Waals surface area contributed by atoms with E-state index in [2.05, 4.69) is 32.1 Å². The lowest BCUT2D eigenvalue weighted by molar-refractivity contribution is -0.122. The highest BCUT2D eigenvalue weighted by atomic mass is 35.5. The van der Waals surface area contributed by atoms with Gasteiger partial charge in [0.2, 0.25) is 5.91 Å². The van der Waals surface area contributed by atoms with E-state index < -0.39 is 0 Å². The molecular weight excluding hydrogens is 400 g/mol. The number of carbonyl (C=O) groups excluding carboxylic acids is 1. The molecule has 144 valence electrons. The molecule has 1 unspecified atom stereocenters. The molecule has 0 aliphatic rings. The molecule has 27 heavy (non-hydrogen) atoms. The molecule has 0 radical (unpaired) electrons. The average molecular weight is 423 g/mol. The number of hydrogen-bond donors (Lipinski definition) is 1. The van der Waals surface area contributed by atoms with E-state index in [0.29, 0.717) is 13.1 Å². The highest BCUT2D eigenvalue weighted by molar-refractivity contribution is 7.09. The summed E-state index contributed by atoms with van der Waals surface area (Å²) in [5.74, 6) is -0.00323. The lowest BCUT2D eigenvalue weighted by Crippen LogP contribution is -2.37. The minimum Gasteiger partial charge on any atom is -0.345 e. The van der Waals surface area contributed by atoms with Gasteiger partial charge in [-0.2, -0.15) is 11.3 Å². The summed E-state index contributed by atoms with van der Waals surface area (Å²) in [6.07, 6.45) is 2.52. The topological polar surface area (TPSA) is 58.1 Å².